The number of allylic oxidation sites excluding steroid dienone is 2. The molecule has 0 fully saturated rings. The molecular formula is C24H24N4O2. The lowest BCUT2D eigenvalue weighted by atomic mass is 9.78. The number of hydrogen-bond acceptors (Lipinski definition) is 5. The molecule has 2 heterocycles. The van der Waals surface area contributed by atoms with Crippen molar-refractivity contribution in [3.05, 3.63) is 82.3 Å². The van der Waals surface area contributed by atoms with Gasteiger partial charge in [0.15, 0.2) is 5.78 Å². The Labute approximate surface area is 175 Å². The molecule has 152 valence electrons. The molecule has 0 saturated heterocycles. The molecule has 1 N–H and O–H groups in total. The van der Waals surface area contributed by atoms with Crippen LogP contribution in [0.5, 0.6) is 5.75 Å². The van der Waals surface area contributed by atoms with Crippen LogP contribution in [0.15, 0.2) is 59.8 Å². The molecule has 2 atom stereocenters. The number of nitrogens with one attached hydrogen (secondary N) is 1. The Kier molecular flexibility index (Phi) is 4.42. The molecule has 6 heteroatoms. The highest BCUT2D eigenvalue weighted by Crippen LogP contribution is 2.44. The minimum absolute atomic E-state index is 0.129. The van der Waals surface area contributed by atoms with E-state index in [2.05, 4.69) is 58.7 Å². The van der Waals surface area contributed by atoms with Crippen LogP contribution < -0.4 is 10.1 Å². The van der Waals surface area contributed by atoms with Gasteiger partial charge < -0.3 is 10.1 Å². The van der Waals surface area contributed by atoms with Crippen LogP contribution in [0.1, 0.15) is 47.3 Å². The number of rotatable bonds is 3. The molecule has 0 saturated carbocycles. The lowest BCUT2D eigenvalue weighted by molar-refractivity contribution is -0.116. The van der Waals surface area contributed by atoms with E-state index in [0.717, 1.165) is 34.6 Å². The van der Waals surface area contributed by atoms with E-state index in [9.17, 15) is 4.79 Å². The second-order valence-corrected chi connectivity index (χ2v) is 8.06. The Morgan fingerprint density at radius 2 is 1.70 bits per heavy atom. The van der Waals surface area contributed by atoms with Gasteiger partial charge in [-0.3, -0.25) is 4.79 Å². The zero-order valence-corrected chi connectivity index (χ0v) is 17.3. The van der Waals surface area contributed by atoms with Crippen molar-refractivity contribution in [2.24, 2.45) is 0 Å². The third kappa shape index (κ3) is 3.09. The summed E-state index contributed by atoms with van der Waals surface area (Å²) in [4.78, 5) is 18.0. The van der Waals surface area contributed by atoms with Crippen molar-refractivity contribution in [1.82, 2.24) is 14.8 Å². The van der Waals surface area contributed by atoms with E-state index >= 15 is 0 Å². The summed E-state index contributed by atoms with van der Waals surface area (Å²) >= 11 is 0. The number of hydrogen-bond donors (Lipinski definition) is 1. The van der Waals surface area contributed by atoms with Crippen molar-refractivity contribution in [3.63, 3.8) is 0 Å². The van der Waals surface area contributed by atoms with Crippen LogP contribution in [-0.4, -0.2) is 27.7 Å². The number of Topliss-reactive ketones (excluding diaryl/α,β-unsaturated/α-hetero) is 1. The number of benzene rings is 2. The van der Waals surface area contributed by atoms with Gasteiger partial charge in [-0.15, -0.1) is 0 Å². The molecule has 5 rings (SSSR count). The summed E-state index contributed by atoms with van der Waals surface area (Å²) in [6, 6.07) is 16.1. The summed E-state index contributed by atoms with van der Waals surface area (Å²) in [6.45, 7) is 3.94. The summed E-state index contributed by atoms with van der Waals surface area (Å²) < 4.78 is 7.12. The van der Waals surface area contributed by atoms with Crippen LogP contribution in [-0.2, 0) is 4.79 Å². The molecule has 1 aromatic heterocycles. The van der Waals surface area contributed by atoms with E-state index in [1.807, 2.05) is 23.7 Å². The monoisotopic (exact) mass is 400 g/mol. The van der Waals surface area contributed by atoms with Gasteiger partial charge in [0.2, 0.25) is 5.95 Å². The molecule has 2 aromatic carbocycles. The first-order valence-electron chi connectivity index (χ1n) is 10.2. The van der Waals surface area contributed by atoms with E-state index in [1.165, 1.54) is 5.56 Å². The Bertz CT molecular complexity index is 1140. The van der Waals surface area contributed by atoms with E-state index in [0.29, 0.717) is 18.2 Å². The molecule has 0 unspecified atom stereocenters. The zero-order valence-electron chi connectivity index (χ0n) is 17.3. The predicted molar refractivity (Wildman–Crippen MR) is 115 cm³/mol. The first kappa shape index (κ1) is 18.6. The number of ketones is 1. The van der Waals surface area contributed by atoms with Gasteiger partial charge >= 0.3 is 0 Å². The lowest BCUT2D eigenvalue weighted by Crippen LogP contribution is -2.33. The van der Waals surface area contributed by atoms with E-state index in [4.69, 9.17) is 4.74 Å². The number of methoxy groups -OCH3 is 1. The smallest absolute Gasteiger partial charge is 0.226 e. The standard InChI is InChI=1S/C24H24N4O2/c1-14-4-6-17(7-5-14)23-22-20(26-24-25-15(2)27-28(23)24)12-18(13-21(22)29)16-8-10-19(30-3)11-9-16/h4-11,18,23H,12-13H2,1-3H3,(H,25,26,27)/t18-,23+/m1/s1. The topological polar surface area (TPSA) is 69.0 Å². The number of aromatic nitrogens is 3. The number of anilines is 1. The lowest BCUT2D eigenvalue weighted by Gasteiger charge is -2.35. The number of carbonyl (C=O) groups is 1. The predicted octanol–water partition coefficient (Wildman–Crippen LogP) is 4.32. The molecule has 0 bridgehead atoms. The number of ether oxygens (including phenoxy) is 1. The molecule has 0 spiro atoms. The van der Waals surface area contributed by atoms with E-state index in [1.54, 1.807) is 7.11 Å². The molecule has 1 aliphatic heterocycles. The van der Waals surface area contributed by atoms with Gasteiger partial charge in [0.25, 0.3) is 0 Å². The van der Waals surface area contributed by atoms with Crippen LogP contribution in [0.3, 0.4) is 0 Å². The molecule has 30 heavy (non-hydrogen) atoms. The Hall–Kier alpha value is -3.41. The molecule has 2 aliphatic rings. The fourth-order valence-corrected chi connectivity index (χ4v) is 4.49. The maximum absolute atomic E-state index is 13.4. The Morgan fingerprint density at radius 1 is 1.00 bits per heavy atom. The maximum atomic E-state index is 13.4. The third-order valence-corrected chi connectivity index (χ3v) is 6.01. The minimum atomic E-state index is -0.248. The molecule has 3 aromatic rings. The summed E-state index contributed by atoms with van der Waals surface area (Å²) in [5, 5.41) is 8.00. The first-order valence-corrected chi connectivity index (χ1v) is 10.2. The van der Waals surface area contributed by atoms with Gasteiger partial charge in [-0.25, -0.2) is 4.68 Å². The van der Waals surface area contributed by atoms with Gasteiger partial charge in [0.1, 0.15) is 17.6 Å². The summed E-state index contributed by atoms with van der Waals surface area (Å²) in [5.74, 6) is 2.49. The number of fused-ring (bicyclic) bond motifs is 1. The van der Waals surface area contributed by atoms with Gasteiger partial charge in [0.05, 0.1) is 7.11 Å². The molecule has 1 aliphatic carbocycles. The summed E-state index contributed by atoms with van der Waals surface area (Å²) in [7, 11) is 1.66. The van der Waals surface area contributed by atoms with E-state index < -0.39 is 0 Å². The highest BCUT2D eigenvalue weighted by atomic mass is 16.5. The Morgan fingerprint density at radius 3 is 2.40 bits per heavy atom. The quantitative estimate of drug-likeness (QED) is 0.709. The number of nitrogens with zero attached hydrogens (tertiary/aromatic N) is 3. The highest BCUT2D eigenvalue weighted by molar-refractivity contribution is 6.00. The second kappa shape index (κ2) is 7.13. The normalized spacial score (nSPS) is 20.4. The van der Waals surface area contributed by atoms with Crippen molar-refractivity contribution >= 4 is 11.7 Å². The van der Waals surface area contributed by atoms with Crippen molar-refractivity contribution in [2.75, 3.05) is 12.4 Å². The molecule has 0 amide bonds. The highest BCUT2D eigenvalue weighted by Gasteiger charge is 2.39. The SMILES string of the molecule is COc1ccc([C@H]2CC(=O)C3=C(C2)Nc2nc(C)nn2[C@H]3c2ccc(C)cc2)cc1. The molecule has 0 radical (unpaired) electrons. The van der Waals surface area contributed by atoms with Crippen LogP contribution in [0.2, 0.25) is 0 Å². The third-order valence-electron chi connectivity index (χ3n) is 6.01. The van der Waals surface area contributed by atoms with E-state index in [-0.39, 0.29) is 17.7 Å². The summed E-state index contributed by atoms with van der Waals surface area (Å²) in [6.07, 6.45) is 1.25. The van der Waals surface area contributed by atoms with Gasteiger partial charge in [0, 0.05) is 17.7 Å². The average Bonchev–Trinajstić information content (AvgIpc) is 3.12. The van der Waals surface area contributed by atoms with Crippen LogP contribution in [0.4, 0.5) is 5.95 Å². The van der Waals surface area contributed by atoms with Crippen molar-refractivity contribution in [1.29, 1.82) is 0 Å². The van der Waals surface area contributed by atoms with Crippen molar-refractivity contribution in [3.8, 4) is 5.75 Å². The fraction of sp³-hybridized carbons (Fsp3) is 0.292. The van der Waals surface area contributed by atoms with Gasteiger partial charge in [-0.2, -0.15) is 10.1 Å². The van der Waals surface area contributed by atoms with Gasteiger partial charge in [-0.1, -0.05) is 42.0 Å². The summed E-state index contributed by atoms with van der Waals surface area (Å²) in [5.41, 5.74) is 5.15. The van der Waals surface area contributed by atoms with Crippen LogP contribution in [0, 0.1) is 13.8 Å². The maximum Gasteiger partial charge on any atom is 0.226 e. The number of carbonyl (C=O) groups excluding carboxylic acids is 1. The van der Waals surface area contributed by atoms with Crippen molar-refractivity contribution in [2.45, 2.75) is 38.6 Å². The van der Waals surface area contributed by atoms with Crippen LogP contribution in [0.25, 0.3) is 0 Å². The van der Waals surface area contributed by atoms with Gasteiger partial charge in [-0.05, 0) is 49.4 Å². The minimum Gasteiger partial charge on any atom is -0.497 e. The Balaban J connectivity index is 1.57. The zero-order chi connectivity index (χ0) is 20.8. The first-order chi connectivity index (χ1) is 14.5. The second-order valence-electron chi connectivity index (χ2n) is 8.06. The van der Waals surface area contributed by atoms with Crippen LogP contribution >= 0.6 is 0 Å². The number of aryl methyl sites for hydroxylation is 2. The van der Waals surface area contributed by atoms with Crippen molar-refractivity contribution < 1.29 is 9.53 Å². The largest absolute Gasteiger partial charge is 0.497 e. The fourth-order valence-electron chi connectivity index (χ4n) is 4.49. The average molecular weight is 400 g/mol. The molecular weight excluding hydrogens is 376 g/mol. The molecule has 6 nitrogen and oxygen atoms in total.